The molecule has 4 rings (SSSR count). The fourth-order valence-corrected chi connectivity index (χ4v) is 3.32. The minimum atomic E-state index is -0.227. The third-order valence-electron chi connectivity index (χ3n) is 4.78. The smallest absolute Gasteiger partial charge is 0.125 e. The number of hydrogen-bond acceptors (Lipinski definition) is 1. The summed E-state index contributed by atoms with van der Waals surface area (Å²) in [6, 6.07) is 11.2. The number of nitrogens with zero attached hydrogens (tertiary/aromatic N) is 1. The van der Waals surface area contributed by atoms with Crippen molar-refractivity contribution in [3.05, 3.63) is 77.8 Å². The second-order valence-electron chi connectivity index (χ2n) is 6.68. The van der Waals surface area contributed by atoms with E-state index in [1.807, 2.05) is 12.3 Å². The molecule has 132 valence electrons. The third kappa shape index (κ3) is 3.01. The van der Waals surface area contributed by atoms with E-state index in [1.54, 1.807) is 0 Å². The maximum atomic E-state index is 13.4. The summed E-state index contributed by atoms with van der Waals surface area (Å²) >= 11 is 0. The lowest BCUT2D eigenvalue weighted by Crippen LogP contribution is -2.03. The van der Waals surface area contributed by atoms with Gasteiger partial charge in [0.2, 0.25) is 0 Å². The van der Waals surface area contributed by atoms with Crippen molar-refractivity contribution in [3.63, 3.8) is 0 Å². The first-order valence-electron chi connectivity index (χ1n) is 8.99. The van der Waals surface area contributed by atoms with Crippen molar-refractivity contribution in [2.45, 2.75) is 26.7 Å². The minimum absolute atomic E-state index is 0. The Kier molecular flexibility index (Phi) is 4.29. The number of fused-ring (bicyclic) bond motifs is 1. The van der Waals surface area contributed by atoms with E-state index in [2.05, 4.69) is 55.3 Å². The first-order valence-corrected chi connectivity index (χ1v) is 8.99. The van der Waals surface area contributed by atoms with Crippen molar-refractivity contribution in [2.75, 3.05) is 0 Å². The van der Waals surface area contributed by atoms with Crippen LogP contribution in [0, 0.1) is 12.7 Å². The van der Waals surface area contributed by atoms with E-state index >= 15 is 0 Å². The van der Waals surface area contributed by atoms with Gasteiger partial charge in [-0.25, -0.2) is 4.39 Å². The molecule has 0 saturated carbocycles. The standard InChI is InChI=1S/C23H21FN2.H2/c1-3-5-22(16-6-4-7-16)26-21-11-8-17(12-15(21)2)20-14-25-23-13-18(24)9-10-19(20)23;/h4,6-14,25H,3,5H2,1-2H3;1H. The summed E-state index contributed by atoms with van der Waals surface area (Å²) in [5.74, 6) is -0.227. The number of aryl methyl sites for hydroxylation is 1. The van der Waals surface area contributed by atoms with Crippen LogP contribution in [0.15, 0.2) is 71.4 Å². The van der Waals surface area contributed by atoms with Gasteiger partial charge in [-0.15, -0.1) is 0 Å². The van der Waals surface area contributed by atoms with Crippen LogP contribution in [-0.2, 0) is 0 Å². The summed E-state index contributed by atoms with van der Waals surface area (Å²) in [5, 5.41) is 1.03. The number of aromatic nitrogens is 1. The van der Waals surface area contributed by atoms with Crippen molar-refractivity contribution >= 4 is 22.3 Å². The van der Waals surface area contributed by atoms with Gasteiger partial charge >= 0.3 is 0 Å². The molecule has 0 spiro atoms. The Bertz CT molecular complexity index is 1070. The molecular weight excluding hydrogens is 323 g/mol. The van der Waals surface area contributed by atoms with E-state index < -0.39 is 0 Å². The number of aromatic amines is 1. The molecule has 1 heterocycles. The Hall–Kier alpha value is -2.94. The topological polar surface area (TPSA) is 28.1 Å². The van der Waals surface area contributed by atoms with Crippen LogP contribution in [0.5, 0.6) is 0 Å². The predicted octanol–water partition coefficient (Wildman–Crippen LogP) is 6.90. The van der Waals surface area contributed by atoms with Crippen LogP contribution in [0.1, 0.15) is 26.8 Å². The normalized spacial score (nSPS) is 13.8. The maximum absolute atomic E-state index is 13.4. The highest BCUT2D eigenvalue weighted by atomic mass is 19.1. The molecule has 2 nitrogen and oxygen atoms in total. The summed E-state index contributed by atoms with van der Waals surface area (Å²) in [4.78, 5) is 8.06. The summed E-state index contributed by atoms with van der Waals surface area (Å²) in [6.07, 6.45) is 10.3. The molecule has 1 aliphatic carbocycles. The van der Waals surface area contributed by atoms with Gasteiger partial charge in [0.1, 0.15) is 5.82 Å². The monoisotopic (exact) mass is 346 g/mol. The van der Waals surface area contributed by atoms with Crippen molar-refractivity contribution in [1.29, 1.82) is 0 Å². The van der Waals surface area contributed by atoms with Gasteiger partial charge < -0.3 is 4.98 Å². The Morgan fingerprint density at radius 1 is 1.19 bits per heavy atom. The Balaban J connectivity index is 0.00000210. The Labute approximate surface area is 154 Å². The van der Waals surface area contributed by atoms with E-state index in [1.165, 1.54) is 17.7 Å². The molecule has 3 aromatic rings. The second-order valence-corrected chi connectivity index (χ2v) is 6.68. The Morgan fingerprint density at radius 3 is 2.73 bits per heavy atom. The molecule has 0 bridgehead atoms. The average molecular weight is 346 g/mol. The lowest BCUT2D eigenvalue weighted by atomic mass is 9.98. The number of halogens is 1. The molecule has 1 aliphatic rings. The van der Waals surface area contributed by atoms with E-state index in [9.17, 15) is 4.39 Å². The van der Waals surface area contributed by atoms with Crippen molar-refractivity contribution in [1.82, 2.24) is 4.98 Å². The average Bonchev–Trinajstić information content (AvgIpc) is 2.98. The fourth-order valence-electron chi connectivity index (χ4n) is 3.32. The molecule has 0 aliphatic heterocycles. The summed E-state index contributed by atoms with van der Waals surface area (Å²) in [5.41, 5.74) is 7.52. The molecule has 0 amide bonds. The van der Waals surface area contributed by atoms with Gasteiger partial charge in [-0.05, 0) is 60.4 Å². The van der Waals surface area contributed by atoms with E-state index in [-0.39, 0.29) is 7.24 Å². The number of allylic oxidation sites excluding steroid dienone is 4. The molecule has 26 heavy (non-hydrogen) atoms. The van der Waals surface area contributed by atoms with Crippen LogP contribution >= 0.6 is 0 Å². The van der Waals surface area contributed by atoms with E-state index in [4.69, 9.17) is 4.99 Å². The van der Waals surface area contributed by atoms with Gasteiger partial charge in [0.05, 0.1) is 5.69 Å². The van der Waals surface area contributed by atoms with Gasteiger partial charge in [0.15, 0.2) is 0 Å². The highest BCUT2D eigenvalue weighted by molar-refractivity contribution is 6.06. The molecule has 0 fully saturated rings. The molecular formula is C23H23FN2. The molecule has 3 heteroatoms. The highest BCUT2D eigenvalue weighted by Gasteiger charge is 2.11. The third-order valence-corrected chi connectivity index (χ3v) is 4.78. The van der Waals surface area contributed by atoms with Gasteiger partial charge in [0.25, 0.3) is 0 Å². The van der Waals surface area contributed by atoms with Crippen molar-refractivity contribution in [2.24, 2.45) is 4.99 Å². The van der Waals surface area contributed by atoms with Crippen LogP contribution in [0.4, 0.5) is 10.1 Å². The molecule has 1 N–H and O–H groups in total. The summed E-state index contributed by atoms with van der Waals surface area (Å²) in [7, 11) is 0. The van der Waals surface area contributed by atoms with Gasteiger partial charge in [-0.1, -0.05) is 37.6 Å². The molecule has 2 aromatic carbocycles. The van der Waals surface area contributed by atoms with E-state index in [0.717, 1.165) is 51.8 Å². The molecule has 1 aromatic heterocycles. The number of hydrogen-bond donors (Lipinski definition) is 1. The predicted molar refractivity (Wildman–Crippen MR) is 110 cm³/mol. The second kappa shape index (κ2) is 6.75. The largest absolute Gasteiger partial charge is 0.360 e. The lowest BCUT2D eigenvalue weighted by molar-refractivity contribution is 0.629. The fraction of sp³-hybridized carbons (Fsp3) is 0.174. The summed E-state index contributed by atoms with van der Waals surface area (Å²) in [6.45, 7) is 4.26. The van der Waals surface area contributed by atoms with Crippen LogP contribution in [-0.4, -0.2) is 10.7 Å². The van der Waals surface area contributed by atoms with Crippen LogP contribution in [0.25, 0.3) is 22.0 Å². The van der Waals surface area contributed by atoms with Crippen LogP contribution in [0.3, 0.4) is 0 Å². The molecule has 0 atom stereocenters. The van der Waals surface area contributed by atoms with E-state index in [0.29, 0.717) is 0 Å². The van der Waals surface area contributed by atoms with Crippen molar-refractivity contribution in [3.8, 4) is 11.1 Å². The Morgan fingerprint density at radius 2 is 2.04 bits per heavy atom. The summed E-state index contributed by atoms with van der Waals surface area (Å²) < 4.78 is 13.4. The number of benzene rings is 2. The van der Waals surface area contributed by atoms with Crippen LogP contribution in [0.2, 0.25) is 0 Å². The quantitative estimate of drug-likeness (QED) is 0.487. The van der Waals surface area contributed by atoms with Gasteiger partial charge in [-0.3, -0.25) is 4.99 Å². The lowest BCUT2D eigenvalue weighted by Gasteiger charge is -2.12. The zero-order valence-electron chi connectivity index (χ0n) is 15.0. The number of H-pyrrole nitrogens is 1. The zero-order chi connectivity index (χ0) is 18.1. The number of rotatable bonds is 5. The van der Waals surface area contributed by atoms with Gasteiger partial charge in [-0.2, -0.15) is 0 Å². The zero-order valence-corrected chi connectivity index (χ0v) is 15.0. The molecule has 0 unspecified atom stereocenters. The van der Waals surface area contributed by atoms with Crippen LogP contribution < -0.4 is 0 Å². The first kappa shape index (κ1) is 16.5. The minimum Gasteiger partial charge on any atom is -0.360 e. The van der Waals surface area contributed by atoms with Gasteiger partial charge in [0, 0.05) is 29.8 Å². The SMILES string of the molecule is CCCC(=Nc1ccc(-c2c[nH]c3cc(F)ccc23)cc1C)C1=CC=C1.[HH]. The highest BCUT2D eigenvalue weighted by Crippen LogP contribution is 2.32. The molecule has 0 saturated heterocycles. The number of aliphatic imine (C=N–C) groups is 1. The molecule has 0 radical (unpaired) electrons. The van der Waals surface area contributed by atoms with Crippen molar-refractivity contribution < 1.29 is 5.82 Å². The maximum Gasteiger partial charge on any atom is 0.125 e. The number of nitrogens with one attached hydrogen (secondary N) is 1. The first-order chi connectivity index (χ1) is 12.7.